The third-order valence-corrected chi connectivity index (χ3v) is 5.56. The molecule has 1 unspecified atom stereocenters. The number of aromatic nitrogens is 1. The Bertz CT molecular complexity index is 1080. The number of ether oxygens (including phenoxy) is 1. The monoisotopic (exact) mass is 429 g/mol. The standard InChI is InChI=1S/C26H27N3O3/c1-18-14-19(2)16-21(15-18)26(31)29-13-3-4-20(17-29)25(30)28-22-5-7-23(8-6-22)32-24-9-11-27-12-10-24/h5-12,14-16,20H,3-4,13,17H2,1-2H3,(H,28,30). The second kappa shape index (κ2) is 9.64. The SMILES string of the molecule is Cc1cc(C)cc(C(=O)N2CCCC(C(=O)Nc3ccc(Oc4ccncc4)cc3)C2)c1. The quantitative estimate of drug-likeness (QED) is 0.621. The molecule has 32 heavy (non-hydrogen) atoms. The van der Waals surface area contributed by atoms with E-state index in [1.807, 2.05) is 50.2 Å². The molecule has 1 aromatic heterocycles. The maximum atomic E-state index is 13.0. The molecule has 0 spiro atoms. The predicted molar refractivity (Wildman–Crippen MR) is 124 cm³/mol. The summed E-state index contributed by atoms with van der Waals surface area (Å²) in [4.78, 5) is 31.6. The summed E-state index contributed by atoms with van der Waals surface area (Å²) in [6.45, 7) is 5.09. The van der Waals surface area contributed by atoms with Crippen LogP contribution in [-0.2, 0) is 4.79 Å². The van der Waals surface area contributed by atoms with Crippen molar-refractivity contribution >= 4 is 17.5 Å². The van der Waals surface area contributed by atoms with Gasteiger partial charge in [-0.1, -0.05) is 17.2 Å². The molecule has 164 valence electrons. The Labute approximate surface area is 188 Å². The van der Waals surface area contributed by atoms with E-state index in [2.05, 4.69) is 16.4 Å². The van der Waals surface area contributed by atoms with Crippen LogP contribution in [0.3, 0.4) is 0 Å². The van der Waals surface area contributed by atoms with Crippen LogP contribution in [0.4, 0.5) is 5.69 Å². The number of piperidine rings is 1. The van der Waals surface area contributed by atoms with Gasteiger partial charge in [-0.2, -0.15) is 0 Å². The molecule has 1 atom stereocenters. The van der Waals surface area contributed by atoms with Gasteiger partial charge < -0.3 is 15.0 Å². The molecule has 0 radical (unpaired) electrons. The van der Waals surface area contributed by atoms with Crippen LogP contribution < -0.4 is 10.1 Å². The summed E-state index contributed by atoms with van der Waals surface area (Å²) in [5, 5.41) is 2.98. The molecule has 2 heterocycles. The first kappa shape index (κ1) is 21.6. The molecule has 6 nitrogen and oxygen atoms in total. The average Bonchev–Trinajstić information content (AvgIpc) is 2.80. The number of benzene rings is 2. The molecule has 0 aliphatic carbocycles. The van der Waals surface area contributed by atoms with Gasteiger partial charge in [-0.15, -0.1) is 0 Å². The zero-order valence-electron chi connectivity index (χ0n) is 18.4. The zero-order chi connectivity index (χ0) is 22.5. The van der Waals surface area contributed by atoms with Crippen LogP contribution in [0.1, 0.15) is 34.3 Å². The Hall–Kier alpha value is -3.67. The summed E-state index contributed by atoms with van der Waals surface area (Å²) in [6, 6.07) is 16.7. The molecule has 3 aromatic rings. The van der Waals surface area contributed by atoms with Gasteiger partial charge in [-0.3, -0.25) is 14.6 Å². The number of hydrogen-bond donors (Lipinski definition) is 1. The van der Waals surface area contributed by atoms with E-state index in [0.717, 1.165) is 24.0 Å². The Kier molecular flexibility index (Phi) is 6.50. The first-order valence-electron chi connectivity index (χ1n) is 10.8. The molecule has 1 saturated heterocycles. The van der Waals surface area contributed by atoms with Crippen molar-refractivity contribution in [2.75, 3.05) is 18.4 Å². The maximum absolute atomic E-state index is 13.0. The molecule has 1 fully saturated rings. The third kappa shape index (κ3) is 5.32. The smallest absolute Gasteiger partial charge is 0.253 e. The average molecular weight is 430 g/mol. The molecule has 1 aliphatic heterocycles. The van der Waals surface area contributed by atoms with Crippen LogP contribution in [0.5, 0.6) is 11.5 Å². The lowest BCUT2D eigenvalue weighted by molar-refractivity contribution is -0.121. The number of amides is 2. The predicted octanol–water partition coefficient (Wildman–Crippen LogP) is 4.98. The summed E-state index contributed by atoms with van der Waals surface area (Å²) in [7, 11) is 0. The fraction of sp³-hybridized carbons (Fsp3) is 0.269. The maximum Gasteiger partial charge on any atom is 0.253 e. The molecule has 4 rings (SSSR count). The van der Waals surface area contributed by atoms with E-state index in [-0.39, 0.29) is 17.7 Å². The summed E-state index contributed by atoms with van der Waals surface area (Å²) in [6.07, 6.45) is 4.92. The van der Waals surface area contributed by atoms with Crippen molar-refractivity contribution in [3.8, 4) is 11.5 Å². The van der Waals surface area contributed by atoms with Crippen LogP contribution >= 0.6 is 0 Å². The van der Waals surface area contributed by atoms with Crippen molar-refractivity contribution in [1.29, 1.82) is 0 Å². The summed E-state index contributed by atoms with van der Waals surface area (Å²) < 4.78 is 5.76. The lowest BCUT2D eigenvalue weighted by Crippen LogP contribution is -2.43. The topological polar surface area (TPSA) is 71.5 Å². The van der Waals surface area contributed by atoms with E-state index < -0.39 is 0 Å². The van der Waals surface area contributed by atoms with Crippen LogP contribution in [0.25, 0.3) is 0 Å². The van der Waals surface area contributed by atoms with Crippen molar-refractivity contribution < 1.29 is 14.3 Å². The summed E-state index contributed by atoms with van der Waals surface area (Å²) in [5.41, 5.74) is 3.52. The van der Waals surface area contributed by atoms with Crippen molar-refractivity contribution in [3.05, 3.63) is 83.7 Å². The minimum atomic E-state index is -0.230. The number of aryl methyl sites for hydroxylation is 2. The Morgan fingerprint density at radius 2 is 1.62 bits per heavy atom. The normalized spacial score (nSPS) is 15.8. The van der Waals surface area contributed by atoms with Crippen LogP contribution in [0.2, 0.25) is 0 Å². The van der Waals surface area contributed by atoms with Crippen molar-refractivity contribution in [3.63, 3.8) is 0 Å². The van der Waals surface area contributed by atoms with Gasteiger partial charge in [0.1, 0.15) is 11.5 Å². The minimum Gasteiger partial charge on any atom is -0.457 e. The first-order valence-corrected chi connectivity index (χ1v) is 10.8. The highest BCUT2D eigenvalue weighted by Crippen LogP contribution is 2.24. The number of nitrogens with zero attached hydrogens (tertiary/aromatic N) is 2. The number of nitrogens with one attached hydrogen (secondary N) is 1. The third-order valence-electron chi connectivity index (χ3n) is 5.56. The van der Waals surface area contributed by atoms with Gasteiger partial charge >= 0.3 is 0 Å². The van der Waals surface area contributed by atoms with Crippen LogP contribution in [0.15, 0.2) is 67.0 Å². The Morgan fingerprint density at radius 1 is 0.969 bits per heavy atom. The minimum absolute atomic E-state index is 0.00749. The number of hydrogen-bond acceptors (Lipinski definition) is 4. The molecule has 1 aliphatic rings. The largest absolute Gasteiger partial charge is 0.457 e. The Morgan fingerprint density at radius 3 is 2.31 bits per heavy atom. The fourth-order valence-electron chi connectivity index (χ4n) is 4.05. The van der Waals surface area contributed by atoms with E-state index >= 15 is 0 Å². The molecule has 2 amide bonds. The van der Waals surface area contributed by atoms with Gasteiger partial charge in [0, 0.05) is 36.7 Å². The van der Waals surface area contributed by atoms with Crippen LogP contribution in [0, 0.1) is 19.8 Å². The van der Waals surface area contributed by atoms with Crippen molar-refractivity contribution in [2.24, 2.45) is 5.92 Å². The first-order chi connectivity index (χ1) is 15.5. The second-order valence-corrected chi connectivity index (χ2v) is 8.27. The van der Waals surface area contributed by atoms with Crippen molar-refractivity contribution in [1.82, 2.24) is 9.88 Å². The highest BCUT2D eigenvalue weighted by Gasteiger charge is 2.29. The lowest BCUT2D eigenvalue weighted by Gasteiger charge is -2.32. The molecule has 1 N–H and O–H groups in total. The van der Waals surface area contributed by atoms with Gasteiger partial charge in [0.05, 0.1) is 5.92 Å². The van der Waals surface area contributed by atoms with Gasteiger partial charge in [0.2, 0.25) is 5.91 Å². The number of carbonyl (C=O) groups is 2. The number of anilines is 1. The van der Waals surface area contributed by atoms with E-state index in [0.29, 0.717) is 35.8 Å². The van der Waals surface area contributed by atoms with Gasteiger partial charge in [-0.05, 0) is 75.2 Å². The molecular formula is C26H27N3O3. The molecule has 6 heteroatoms. The lowest BCUT2D eigenvalue weighted by atomic mass is 9.96. The molecule has 2 aromatic carbocycles. The number of rotatable bonds is 5. The summed E-state index contributed by atoms with van der Waals surface area (Å²) in [5.74, 6) is 1.08. The molecule has 0 bridgehead atoms. The Balaban J connectivity index is 1.36. The van der Waals surface area contributed by atoms with E-state index in [4.69, 9.17) is 4.74 Å². The fourth-order valence-corrected chi connectivity index (χ4v) is 4.05. The summed E-state index contributed by atoms with van der Waals surface area (Å²) >= 11 is 0. The van der Waals surface area contributed by atoms with E-state index in [1.54, 1.807) is 29.4 Å². The highest BCUT2D eigenvalue weighted by molar-refractivity contribution is 5.96. The molecule has 0 saturated carbocycles. The van der Waals surface area contributed by atoms with Gasteiger partial charge in [0.25, 0.3) is 5.91 Å². The van der Waals surface area contributed by atoms with E-state index in [9.17, 15) is 9.59 Å². The zero-order valence-corrected chi connectivity index (χ0v) is 18.4. The number of carbonyl (C=O) groups excluding carboxylic acids is 2. The highest BCUT2D eigenvalue weighted by atomic mass is 16.5. The second-order valence-electron chi connectivity index (χ2n) is 8.27. The van der Waals surface area contributed by atoms with Gasteiger partial charge in [-0.25, -0.2) is 0 Å². The number of pyridine rings is 1. The van der Waals surface area contributed by atoms with Crippen molar-refractivity contribution in [2.45, 2.75) is 26.7 Å². The van der Waals surface area contributed by atoms with Gasteiger partial charge in [0.15, 0.2) is 0 Å². The van der Waals surface area contributed by atoms with E-state index in [1.165, 1.54) is 0 Å². The number of likely N-dealkylation sites (tertiary alicyclic amines) is 1. The van der Waals surface area contributed by atoms with Crippen LogP contribution in [-0.4, -0.2) is 34.8 Å². The molecular weight excluding hydrogens is 402 g/mol.